The number of hydroxylamine groups is 2. The molecule has 7 nitrogen and oxygen atoms in total. The van der Waals surface area contributed by atoms with Crippen molar-refractivity contribution >= 4 is 40.2 Å². The SMILES string of the molecule is CC(=O)Nc1cc2ccccc2cc1C(=O)ON1C(=O)c2ccccc2C1=O. The Morgan fingerprint density at radius 2 is 1.39 bits per heavy atom. The molecule has 3 aromatic carbocycles. The van der Waals surface area contributed by atoms with Gasteiger partial charge in [0.2, 0.25) is 5.91 Å². The lowest BCUT2D eigenvalue weighted by Crippen LogP contribution is -2.33. The molecule has 0 unspecified atom stereocenters. The molecule has 0 bridgehead atoms. The van der Waals surface area contributed by atoms with Gasteiger partial charge in [0.05, 0.1) is 22.4 Å². The van der Waals surface area contributed by atoms with Crippen LogP contribution in [0.25, 0.3) is 10.8 Å². The van der Waals surface area contributed by atoms with Gasteiger partial charge in [0, 0.05) is 6.92 Å². The van der Waals surface area contributed by atoms with Crippen LogP contribution in [0.1, 0.15) is 38.0 Å². The Balaban J connectivity index is 1.70. The number of hydrogen-bond donors (Lipinski definition) is 1. The van der Waals surface area contributed by atoms with Crippen LogP contribution < -0.4 is 5.32 Å². The van der Waals surface area contributed by atoms with Crippen molar-refractivity contribution in [3.63, 3.8) is 0 Å². The van der Waals surface area contributed by atoms with E-state index >= 15 is 0 Å². The third-order valence-electron chi connectivity index (χ3n) is 4.35. The topological polar surface area (TPSA) is 92.8 Å². The molecule has 4 rings (SSSR count). The van der Waals surface area contributed by atoms with Crippen LogP contribution in [0.15, 0.2) is 60.7 Å². The highest BCUT2D eigenvalue weighted by atomic mass is 16.7. The molecule has 0 atom stereocenters. The first-order chi connectivity index (χ1) is 13.5. The van der Waals surface area contributed by atoms with Gasteiger partial charge in [-0.3, -0.25) is 14.4 Å². The van der Waals surface area contributed by atoms with Gasteiger partial charge in [-0.15, -0.1) is 0 Å². The van der Waals surface area contributed by atoms with E-state index in [1.165, 1.54) is 19.1 Å². The molecule has 1 aliphatic rings. The number of nitrogens with zero attached hydrogens (tertiary/aromatic N) is 1. The van der Waals surface area contributed by atoms with Gasteiger partial charge in [-0.1, -0.05) is 41.5 Å². The van der Waals surface area contributed by atoms with Crippen molar-refractivity contribution in [3.8, 4) is 0 Å². The molecular weight excluding hydrogens is 360 g/mol. The van der Waals surface area contributed by atoms with E-state index in [2.05, 4.69) is 5.32 Å². The van der Waals surface area contributed by atoms with E-state index in [-0.39, 0.29) is 28.3 Å². The molecule has 0 fully saturated rings. The Labute approximate surface area is 159 Å². The van der Waals surface area contributed by atoms with Gasteiger partial charge >= 0.3 is 5.97 Å². The fourth-order valence-electron chi connectivity index (χ4n) is 3.08. The minimum atomic E-state index is -0.927. The van der Waals surface area contributed by atoms with Crippen LogP contribution in [0.4, 0.5) is 5.69 Å². The first-order valence-electron chi connectivity index (χ1n) is 8.46. The van der Waals surface area contributed by atoms with Crippen LogP contribution >= 0.6 is 0 Å². The Kier molecular flexibility index (Phi) is 4.12. The van der Waals surface area contributed by atoms with Crippen molar-refractivity contribution in [1.82, 2.24) is 5.06 Å². The molecule has 1 aliphatic heterocycles. The van der Waals surface area contributed by atoms with Crippen LogP contribution in [-0.2, 0) is 9.63 Å². The molecule has 0 spiro atoms. The van der Waals surface area contributed by atoms with Gasteiger partial charge in [-0.05, 0) is 35.0 Å². The average molecular weight is 374 g/mol. The summed E-state index contributed by atoms with van der Waals surface area (Å²) in [5, 5.41) is 4.58. The molecule has 1 N–H and O–H groups in total. The standard InChI is InChI=1S/C21H14N2O5/c1-12(24)22-18-11-14-7-3-2-6-13(14)10-17(18)21(27)28-23-19(25)15-8-4-5-9-16(15)20(23)26/h2-11H,1H3,(H,22,24). The van der Waals surface area contributed by atoms with Crippen molar-refractivity contribution in [1.29, 1.82) is 0 Å². The Hall–Kier alpha value is -4.00. The van der Waals surface area contributed by atoms with Gasteiger partial charge < -0.3 is 10.2 Å². The summed E-state index contributed by atoms with van der Waals surface area (Å²) in [6, 6.07) is 16.7. The Morgan fingerprint density at radius 1 is 0.857 bits per heavy atom. The van der Waals surface area contributed by atoms with E-state index in [4.69, 9.17) is 4.84 Å². The maximum Gasteiger partial charge on any atom is 0.366 e. The average Bonchev–Trinajstić information content (AvgIpc) is 2.92. The zero-order valence-corrected chi connectivity index (χ0v) is 14.8. The van der Waals surface area contributed by atoms with Gasteiger partial charge in [-0.2, -0.15) is 0 Å². The molecule has 3 amide bonds. The largest absolute Gasteiger partial charge is 0.366 e. The van der Waals surface area contributed by atoms with Crippen molar-refractivity contribution in [3.05, 3.63) is 77.4 Å². The normalized spacial score (nSPS) is 12.8. The van der Waals surface area contributed by atoms with E-state index in [9.17, 15) is 19.2 Å². The highest BCUT2D eigenvalue weighted by Crippen LogP contribution is 2.27. The number of imide groups is 1. The zero-order valence-electron chi connectivity index (χ0n) is 14.8. The second-order valence-electron chi connectivity index (χ2n) is 6.26. The lowest BCUT2D eigenvalue weighted by atomic mass is 10.0. The molecule has 0 aromatic heterocycles. The van der Waals surface area contributed by atoms with Gasteiger partial charge in [-0.25, -0.2) is 4.79 Å². The quantitative estimate of drug-likeness (QED) is 0.711. The second kappa shape index (κ2) is 6.62. The smallest absolute Gasteiger partial charge is 0.326 e. The van der Waals surface area contributed by atoms with E-state index in [1.54, 1.807) is 36.4 Å². The first-order valence-corrected chi connectivity index (χ1v) is 8.46. The number of carbonyl (C=O) groups is 4. The van der Waals surface area contributed by atoms with E-state index in [0.717, 1.165) is 10.8 Å². The van der Waals surface area contributed by atoms with E-state index < -0.39 is 17.8 Å². The number of rotatable bonds is 3. The maximum absolute atomic E-state index is 12.8. The lowest BCUT2D eigenvalue weighted by molar-refractivity contribution is -0.114. The maximum atomic E-state index is 12.8. The molecule has 0 saturated heterocycles. The molecule has 3 aromatic rings. The monoisotopic (exact) mass is 374 g/mol. The number of hydrogen-bond acceptors (Lipinski definition) is 5. The summed E-state index contributed by atoms with van der Waals surface area (Å²) in [5.74, 6) is -2.72. The molecule has 0 aliphatic carbocycles. The van der Waals surface area contributed by atoms with Crippen LogP contribution in [-0.4, -0.2) is 28.8 Å². The minimum absolute atomic E-state index is 0.0328. The number of benzene rings is 3. The fourth-order valence-corrected chi connectivity index (χ4v) is 3.08. The summed E-state index contributed by atoms with van der Waals surface area (Å²) < 4.78 is 0. The minimum Gasteiger partial charge on any atom is -0.326 e. The first kappa shape index (κ1) is 17.4. The molecule has 0 saturated carbocycles. The van der Waals surface area contributed by atoms with Crippen molar-refractivity contribution in [2.45, 2.75) is 6.92 Å². The Bertz CT molecular complexity index is 1130. The van der Waals surface area contributed by atoms with Crippen LogP contribution in [0.3, 0.4) is 0 Å². The number of anilines is 1. The van der Waals surface area contributed by atoms with Gasteiger partial charge in [0.1, 0.15) is 0 Å². The van der Waals surface area contributed by atoms with Crippen LogP contribution in [0, 0.1) is 0 Å². The summed E-state index contributed by atoms with van der Waals surface area (Å²) >= 11 is 0. The predicted molar refractivity (Wildman–Crippen MR) is 101 cm³/mol. The van der Waals surface area contributed by atoms with Crippen molar-refractivity contribution in [2.75, 3.05) is 5.32 Å². The van der Waals surface area contributed by atoms with Gasteiger partial charge in [0.25, 0.3) is 11.8 Å². The number of amides is 3. The molecule has 7 heteroatoms. The molecular formula is C21H14N2O5. The third kappa shape index (κ3) is 2.88. The highest BCUT2D eigenvalue weighted by molar-refractivity contribution is 6.21. The summed E-state index contributed by atoms with van der Waals surface area (Å²) in [7, 11) is 0. The van der Waals surface area contributed by atoms with Crippen LogP contribution in [0.2, 0.25) is 0 Å². The summed E-state index contributed by atoms with van der Waals surface area (Å²) in [6.45, 7) is 1.31. The summed E-state index contributed by atoms with van der Waals surface area (Å²) in [5.41, 5.74) is 0.597. The predicted octanol–water partition coefficient (Wildman–Crippen LogP) is 3.17. The highest BCUT2D eigenvalue weighted by Gasteiger charge is 2.39. The molecule has 1 heterocycles. The van der Waals surface area contributed by atoms with E-state index in [1.807, 2.05) is 12.1 Å². The number of nitrogens with one attached hydrogen (secondary N) is 1. The zero-order chi connectivity index (χ0) is 19.8. The number of fused-ring (bicyclic) bond motifs is 2. The number of carbonyl (C=O) groups excluding carboxylic acids is 4. The van der Waals surface area contributed by atoms with Crippen molar-refractivity contribution in [2.24, 2.45) is 0 Å². The summed E-state index contributed by atoms with van der Waals surface area (Å²) in [4.78, 5) is 54.2. The lowest BCUT2D eigenvalue weighted by Gasteiger charge is -2.15. The van der Waals surface area contributed by atoms with E-state index in [0.29, 0.717) is 5.06 Å². The molecule has 0 radical (unpaired) electrons. The van der Waals surface area contributed by atoms with Gasteiger partial charge in [0.15, 0.2) is 0 Å². The summed E-state index contributed by atoms with van der Waals surface area (Å²) in [6.07, 6.45) is 0. The molecule has 28 heavy (non-hydrogen) atoms. The fraction of sp³-hybridized carbons (Fsp3) is 0.0476. The Morgan fingerprint density at radius 3 is 1.96 bits per heavy atom. The molecule has 138 valence electrons. The van der Waals surface area contributed by atoms with Crippen LogP contribution in [0.5, 0.6) is 0 Å². The second-order valence-corrected chi connectivity index (χ2v) is 6.26. The third-order valence-corrected chi connectivity index (χ3v) is 4.35. The van der Waals surface area contributed by atoms with Crippen molar-refractivity contribution < 1.29 is 24.0 Å².